The molecule has 5 rings (SSSR count). The minimum absolute atomic E-state index is 0.0734. The molecule has 0 spiro atoms. The van der Waals surface area contributed by atoms with Crippen LogP contribution in [0.25, 0.3) is 22.3 Å². The van der Waals surface area contributed by atoms with E-state index in [9.17, 15) is 13.6 Å². The van der Waals surface area contributed by atoms with Gasteiger partial charge in [0.05, 0.1) is 18.0 Å². The summed E-state index contributed by atoms with van der Waals surface area (Å²) in [5.41, 5.74) is 7.37. The van der Waals surface area contributed by atoms with Crippen LogP contribution in [-0.2, 0) is 7.05 Å². The highest BCUT2D eigenvalue weighted by molar-refractivity contribution is 5.99. The molecule has 8 nitrogen and oxygen atoms in total. The normalized spacial score (nSPS) is 16.3. The quantitative estimate of drug-likeness (QED) is 0.511. The summed E-state index contributed by atoms with van der Waals surface area (Å²) < 4.78 is 44.3. The maximum atomic E-state index is 15.2. The smallest absolute Gasteiger partial charge is 0.324 e. The van der Waals surface area contributed by atoms with Gasteiger partial charge in [0.15, 0.2) is 5.65 Å². The molecule has 1 saturated heterocycles. The van der Waals surface area contributed by atoms with Crippen LogP contribution in [0.4, 0.5) is 29.5 Å². The van der Waals surface area contributed by atoms with Gasteiger partial charge >= 0.3 is 6.03 Å². The number of anilines is 2. The van der Waals surface area contributed by atoms with Crippen molar-refractivity contribution in [3.63, 3.8) is 0 Å². The Morgan fingerprint density at radius 2 is 1.82 bits per heavy atom. The van der Waals surface area contributed by atoms with E-state index < -0.39 is 29.5 Å². The lowest BCUT2D eigenvalue weighted by molar-refractivity contribution is 0.218. The first-order valence-corrected chi connectivity index (χ1v) is 9.98. The summed E-state index contributed by atoms with van der Waals surface area (Å²) in [6.45, 7) is 0.0734. The number of nitrogens with zero attached hydrogens (tertiary/aromatic N) is 6. The molecular weight excluding hydrogens is 435 g/mol. The molecule has 1 atom stereocenters. The number of aryl methyl sites for hydroxylation is 1. The summed E-state index contributed by atoms with van der Waals surface area (Å²) in [6, 6.07) is 6.43. The van der Waals surface area contributed by atoms with Crippen molar-refractivity contribution < 1.29 is 18.0 Å². The van der Waals surface area contributed by atoms with E-state index in [1.807, 2.05) is 0 Å². The zero-order valence-electron chi connectivity index (χ0n) is 17.6. The van der Waals surface area contributed by atoms with Crippen LogP contribution in [0.1, 0.15) is 11.6 Å². The van der Waals surface area contributed by atoms with Gasteiger partial charge in [-0.05, 0) is 24.3 Å². The van der Waals surface area contributed by atoms with E-state index in [1.54, 1.807) is 13.1 Å². The third-order valence-corrected chi connectivity index (χ3v) is 5.85. The van der Waals surface area contributed by atoms with Crippen molar-refractivity contribution in [3.8, 4) is 11.3 Å². The number of aromatic nitrogens is 4. The largest absolute Gasteiger partial charge is 0.383 e. The fourth-order valence-electron chi connectivity index (χ4n) is 4.15. The summed E-state index contributed by atoms with van der Waals surface area (Å²) >= 11 is 0. The van der Waals surface area contributed by atoms with Gasteiger partial charge in [-0.1, -0.05) is 6.07 Å². The number of carbonyl (C=O) groups is 1. The second-order valence-electron chi connectivity index (χ2n) is 7.78. The number of urea groups is 1. The van der Waals surface area contributed by atoms with Crippen LogP contribution < -0.4 is 10.6 Å². The molecule has 2 amide bonds. The third kappa shape index (κ3) is 3.23. The molecule has 1 aliphatic rings. The Labute approximate surface area is 186 Å². The zero-order valence-corrected chi connectivity index (χ0v) is 17.6. The Balaban J connectivity index is 1.51. The number of amides is 2. The first kappa shape index (κ1) is 20.7. The molecule has 0 saturated carbocycles. The average Bonchev–Trinajstić information content (AvgIpc) is 3.26. The number of likely N-dealkylation sites (N-methyl/N-ethyl adjacent to an activating group) is 1. The average molecular weight is 453 g/mol. The van der Waals surface area contributed by atoms with E-state index in [0.717, 1.165) is 12.1 Å². The van der Waals surface area contributed by atoms with Crippen LogP contribution in [0.5, 0.6) is 0 Å². The van der Waals surface area contributed by atoms with E-state index in [1.165, 1.54) is 46.1 Å². The van der Waals surface area contributed by atoms with Crippen molar-refractivity contribution in [2.24, 2.45) is 7.05 Å². The molecular formula is C22H18F3N7O. The van der Waals surface area contributed by atoms with Crippen LogP contribution in [0.15, 0.2) is 42.7 Å². The zero-order chi connectivity index (χ0) is 23.4. The number of nitrogens with two attached hydrogens (primary N) is 1. The molecule has 2 aromatic heterocycles. The van der Waals surface area contributed by atoms with E-state index in [4.69, 9.17) is 5.73 Å². The van der Waals surface area contributed by atoms with Gasteiger partial charge in [0.1, 0.15) is 35.3 Å². The highest BCUT2D eigenvalue weighted by Crippen LogP contribution is 2.36. The second kappa shape index (κ2) is 7.47. The van der Waals surface area contributed by atoms with E-state index in [-0.39, 0.29) is 29.2 Å². The number of hydrogen-bond acceptors (Lipinski definition) is 5. The van der Waals surface area contributed by atoms with Gasteiger partial charge in [-0.15, -0.1) is 0 Å². The Kier molecular flexibility index (Phi) is 4.69. The molecule has 0 radical (unpaired) electrons. The number of halogens is 3. The van der Waals surface area contributed by atoms with Crippen molar-refractivity contribution in [2.45, 2.75) is 6.04 Å². The van der Waals surface area contributed by atoms with Crippen molar-refractivity contribution in [1.29, 1.82) is 0 Å². The Morgan fingerprint density at radius 1 is 1.03 bits per heavy atom. The van der Waals surface area contributed by atoms with Crippen molar-refractivity contribution >= 4 is 28.6 Å². The monoisotopic (exact) mass is 453 g/mol. The van der Waals surface area contributed by atoms with Gasteiger partial charge in [-0.25, -0.2) is 32.6 Å². The molecule has 33 heavy (non-hydrogen) atoms. The summed E-state index contributed by atoms with van der Waals surface area (Å²) in [6.07, 6.45) is 1.30. The molecule has 2 aromatic carbocycles. The summed E-state index contributed by atoms with van der Waals surface area (Å²) in [4.78, 5) is 23.6. The van der Waals surface area contributed by atoms with Gasteiger partial charge < -0.3 is 10.6 Å². The minimum atomic E-state index is -0.745. The predicted octanol–water partition coefficient (Wildman–Crippen LogP) is 3.64. The first-order chi connectivity index (χ1) is 15.8. The highest BCUT2D eigenvalue weighted by atomic mass is 19.1. The number of fused-ring (bicyclic) bond motifs is 1. The number of benzene rings is 2. The van der Waals surface area contributed by atoms with E-state index >= 15 is 4.39 Å². The Bertz CT molecular complexity index is 1420. The maximum absolute atomic E-state index is 15.2. The SMILES string of the molecule is CN1C(=O)N(c2ccc(-c3nn(C)c4ncnc(N)c34)c(F)c2)CC1c1ccc(F)cc1F. The van der Waals surface area contributed by atoms with Gasteiger partial charge in [-0.2, -0.15) is 5.10 Å². The molecule has 2 N–H and O–H groups in total. The van der Waals surface area contributed by atoms with Crippen molar-refractivity contribution in [2.75, 3.05) is 24.2 Å². The van der Waals surface area contributed by atoms with Crippen LogP contribution >= 0.6 is 0 Å². The lowest BCUT2D eigenvalue weighted by Gasteiger charge is -2.18. The summed E-state index contributed by atoms with van der Waals surface area (Å²) in [5.74, 6) is -1.90. The molecule has 0 aliphatic carbocycles. The van der Waals surface area contributed by atoms with E-state index in [2.05, 4.69) is 15.1 Å². The second-order valence-corrected chi connectivity index (χ2v) is 7.78. The third-order valence-electron chi connectivity index (χ3n) is 5.85. The number of hydrogen-bond donors (Lipinski definition) is 1. The van der Waals surface area contributed by atoms with Crippen LogP contribution in [-0.4, -0.2) is 44.3 Å². The number of nitrogen functional groups attached to an aromatic ring is 1. The standard InChI is InChI=1S/C22H18F3N7O/c1-30-17(13-5-3-11(23)7-15(13)24)9-32(22(30)33)12-4-6-14(16(25)8-12)19-18-20(26)27-10-28-21(18)31(2)29-19/h3-8,10,17H,9H2,1-2H3,(H2,26,27,28). The molecule has 0 bridgehead atoms. The van der Waals surface area contributed by atoms with Crippen LogP contribution in [0, 0.1) is 17.5 Å². The molecule has 1 unspecified atom stereocenters. The Hall–Kier alpha value is -4.15. The molecule has 11 heteroatoms. The fourth-order valence-corrected chi connectivity index (χ4v) is 4.15. The lowest BCUT2D eigenvalue weighted by atomic mass is 10.1. The molecule has 3 heterocycles. The summed E-state index contributed by atoms with van der Waals surface area (Å²) in [7, 11) is 3.18. The Morgan fingerprint density at radius 3 is 2.55 bits per heavy atom. The highest BCUT2D eigenvalue weighted by Gasteiger charge is 2.38. The van der Waals surface area contributed by atoms with Crippen LogP contribution in [0.3, 0.4) is 0 Å². The van der Waals surface area contributed by atoms with Gasteiger partial charge in [-0.3, -0.25) is 4.90 Å². The predicted molar refractivity (Wildman–Crippen MR) is 116 cm³/mol. The van der Waals surface area contributed by atoms with Gasteiger partial charge in [0.25, 0.3) is 0 Å². The molecule has 4 aromatic rings. The molecule has 168 valence electrons. The number of carbonyl (C=O) groups excluding carboxylic acids is 1. The fraction of sp³-hybridized carbons (Fsp3) is 0.182. The topological polar surface area (TPSA) is 93.2 Å². The maximum Gasteiger partial charge on any atom is 0.324 e. The van der Waals surface area contributed by atoms with Gasteiger partial charge in [0.2, 0.25) is 0 Å². The van der Waals surface area contributed by atoms with Gasteiger partial charge in [0, 0.05) is 37.0 Å². The van der Waals surface area contributed by atoms with Crippen LogP contribution in [0.2, 0.25) is 0 Å². The molecule has 1 fully saturated rings. The molecule has 1 aliphatic heterocycles. The van der Waals surface area contributed by atoms with Crippen molar-refractivity contribution in [3.05, 3.63) is 65.7 Å². The first-order valence-electron chi connectivity index (χ1n) is 9.98. The minimum Gasteiger partial charge on any atom is -0.383 e. The number of rotatable bonds is 3. The van der Waals surface area contributed by atoms with E-state index in [0.29, 0.717) is 16.7 Å². The lowest BCUT2D eigenvalue weighted by Crippen LogP contribution is -2.29. The summed E-state index contributed by atoms with van der Waals surface area (Å²) in [5, 5.41) is 4.76. The van der Waals surface area contributed by atoms with Crippen molar-refractivity contribution in [1.82, 2.24) is 24.6 Å².